The Balaban J connectivity index is 1.30. The second kappa shape index (κ2) is 14.0. The number of benzene rings is 2. The first-order chi connectivity index (χ1) is 22.7. The Morgan fingerprint density at radius 2 is 1.91 bits per heavy atom. The number of para-hydroxylation sites is 1. The fourth-order valence-electron chi connectivity index (χ4n) is 7.51. The van der Waals surface area contributed by atoms with Crippen LogP contribution in [-0.4, -0.2) is 53.9 Å². The maximum absolute atomic E-state index is 13.8. The topological polar surface area (TPSA) is 76.7 Å². The van der Waals surface area contributed by atoms with Crippen LogP contribution in [0, 0.1) is 0 Å². The van der Waals surface area contributed by atoms with Crippen LogP contribution in [0.1, 0.15) is 96.4 Å². The zero-order valence-corrected chi connectivity index (χ0v) is 27.4. The van der Waals surface area contributed by atoms with Crippen molar-refractivity contribution in [1.29, 1.82) is 0 Å². The highest BCUT2D eigenvalue weighted by molar-refractivity contribution is 6.05. The highest BCUT2D eigenvalue weighted by atomic mass is 16.5. The molecule has 7 rings (SSSR count). The first kappa shape index (κ1) is 31.0. The first-order valence-electron chi connectivity index (χ1n) is 17.4. The normalized spacial score (nSPS) is 16.5. The number of carbonyl (C=O) groups is 1. The summed E-state index contributed by atoms with van der Waals surface area (Å²) in [5.74, 6) is 1.23. The Bertz CT molecular complexity index is 1700. The molecular weight excluding hydrogens is 578 g/mol. The van der Waals surface area contributed by atoms with Gasteiger partial charge in [0.2, 0.25) is 0 Å². The number of ether oxygens (including phenoxy) is 4. The van der Waals surface area contributed by atoms with Crippen LogP contribution >= 0.6 is 0 Å². The van der Waals surface area contributed by atoms with Crippen molar-refractivity contribution in [3.05, 3.63) is 70.2 Å². The van der Waals surface area contributed by atoms with Crippen LogP contribution in [0.2, 0.25) is 0 Å². The summed E-state index contributed by atoms with van der Waals surface area (Å²) in [7, 11) is 1.73. The van der Waals surface area contributed by atoms with Crippen LogP contribution in [0.5, 0.6) is 5.75 Å². The largest absolute Gasteiger partial charge is 0.493 e. The Morgan fingerprint density at radius 3 is 2.76 bits per heavy atom. The van der Waals surface area contributed by atoms with Crippen LogP contribution in [0.3, 0.4) is 0 Å². The fraction of sp³-hybridized carbons (Fsp3) is 0.526. The lowest BCUT2D eigenvalue weighted by atomic mass is 9.91. The van der Waals surface area contributed by atoms with E-state index in [1.165, 1.54) is 29.5 Å². The third kappa shape index (κ3) is 6.09. The van der Waals surface area contributed by atoms with E-state index in [0.717, 1.165) is 97.1 Å². The van der Waals surface area contributed by atoms with Crippen molar-refractivity contribution in [3.8, 4) is 16.9 Å². The van der Waals surface area contributed by atoms with Gasteiger partial charge >= 0.3 is 5.97 Å². The van der Waals surface area contributed by atoms with Gasteiger partial charge in [-0.05, 0) is 93.9 Å². The molecule has 0 saturated heterocycles. The summed E-state index contributed by atoms with van der Waals surface area (Å²) in [6.45, 7) is 5.98. The highest BCUT2D eigenvalue weighted by Gasteiger charge is 2.34. The van der Waals surface area contributed by atoms with Crippen molar-refractivity contribution >= 4 is 16.9 Å². The number of carbonyl (C=O) groups excluding carboxylic acids is 1. The van der Waals surface area contributed by atoms with Gasteiger partial charge < -0.3 is 23.5 Å². The van der Waals surface area contributed by atoms with Crippen LogP contribution in [0.25, 0.3) is 22.0 Å². The molecule has 4 aromatic rings. The van der Waals surface area contributed by atoms with E-state index in [1.54, 1.807) is 7.11 Å². The van der Waals surface area contributed by atoms with Crippen LogP contribution in [-0.2, 0) is 53.2 Å². The van der Waals surface area contributed by atoms with Gasteiger partial charge in [0.15, 0.2) is 0 Å². The molecule has 1 aliphatic heterocycles. The Kier molecular flexibility index (Phi) is 9.45. The summed E-state index contributed by atoms with van der Waals surface area (Å²) in [5, 5.41) is 6.29. The molecule has 8 nitrogen and oxygen atoms in total. The molecule has 3 aliphatic rings. The molecule has 2 aromatic heterocycles. The maximum atomic E-state index is 13.8. The third-order valence-corrected chi connectivity index (χ3v) is 9.82. The van der Waals surface area contributed by atoms with E-state index >= 15 is 0 Å². The van der Waals surface area contributed by atoms with Gasteiger partial charge in [-0.15, -0.1) is 0 Å². The van der Waals surface area contributed by atoms with Crippen molar-refractivity contribution in [2.24, 2.45) is 0 Å². The summed E-state index contributed by atoms with van der Waals surface area (Å²) >= 11 is 0. The van der Waals surface area contributed by atoms with Gasteiger partial charge in [0.1, 0.15) is 11.4 Å². The molecular formula is C38H47N3O5. The van der Waals surface area contributed by atoms with Gasteiger partial charge in [0.05, 0.1) is 49.9 Å². The molecule has 244 valence electrons. The zero-order chi connectivity index (χ0) is 31.5. The second-order valence-corrected chi connectivity index (χ2v) is 12.9. The molecule has 1 saturated carbocycles. The molecule has 46 heavy (non-hydrogen) atoms. The molecule has 0 amide bonds. The lowest BCUT2D eigenvalue weighted by Gasteiger charge is -2.19. The van der Waals surface area contributed by atoms with Gasteiger partial charge in [0.25, 0.3) is 0 Å². The quantitative estimate of drug-likeness (QED) is 0.128. The molecule has 0 bridgehead atoms. The third-order valence-electron chi connectivity index (χ3n) is 9.82. The van der Waals surface area contributed by atoms with Crippen molar-refractivity contribution < 1.29 is 23.7 Å². The number of aryl methyl sites for hydroxylation is 3. The lowest BCUT2D eigenvalue weighted by Crippen LogP contribution is -2.15. The molecule has 0 spiro atoms. The Hall–Kier alpha value is -3.62. The average molecular weight is 626 g/mol. The van der Waals surface area contributed by atoms with Crippen LogP contribution < -0.4 is 4.74 Å². The minimum absolute atomic E-state index is 0.248. The standard InChI is InChI=1S/C38H47N3O5/c1-3-45-38(42)37-30(16-10-23-46-33-17-8-12-26-11-4-5-13-28(26)33)29-14-9-15-31-34-32(25-44-22-7-6-20-40(37)36(29)31)41(21-24-43-2)39-35(34)27-18-19-27/h8-9,12,14-15,17,27H,3-7,10-11,13,16,18-25H2,1-2H3. The SMILES string of the molecule is CCOC(=O)c1c(CCCOc2cccc3c2CCCC3)c2cccc3c2n1CCCCOCc1c-3c(C2CC2)nn1CCOC. The first-order valence-corrected chi connectivity index (χ1v) is 17.4. The highest BCUT2D eigenvalue weighted by Crippen LogP contribution is 2.47. The predicted molar refractivity (Wildman–Crippen MR) is 179 cm³/mol. The summed E-state index contributed by atoms with van der Waals surface area (Å²) in [6, 6.07) is 13.0. The van der Waals surface area contributed by atoms with Crippen LogP contribution in [0.4, 0.5) is 0 Å². The zero-order valence-electron chi connectivity index (χ0n) is 27.4. The fourth-order valence-corrected chi connectivity index (χ4v) is 7.51. The van der Waals surface area contributed by atoms with E-state index in [9.17, 15) is 4.79 Å². The second-order valence-electron chi connectivity index (χ2n) is 12.9. The molecule has 0 radical (unpaired) electrons. The molecule has 3 heterocycles. The summed E-state index contributed by atoms with van der Waals surface area (Å²) in [6.07, 6.45) is 10.4. The van der Waals surface area contributed by atoms with Crippen molar-refractivity contribution in [2.75, 3.05) is 33.5 Å². The monoisotopic (exact) mass is 625 g/mol. The number of hydrogen-bond donors (Lipinski definition) is 0. The number of esters is 1. The number of rotatable bonds is 11. The molecule has 2 aromatic carbocycles. The number of fused-ring (bicyclic) bond motifs is 3. The van der Waals surface area contributed by atoms with Crippen molar-refractivity contribution in [1.82, 2.24) is 14.3 Å². The van der Waals surface area contributed by atoms with Gasteiger partial charge in [0, 0.05) is 42.7 Å². The minimum Gasteiger partial charge on any atom is -0.493 e. The van der Waals surface area contributed by atoms with E-state index < -0.39 is 0 Å². The molecule has 8 heteroatoms. The van der Waals surface area contributed by atoms with Gasteiger partial charge in [-0.25, -0.2) is 4.79 Å². The predicted octanol–water partition coefficient (Wildman–Crippen LogP) is 7.41. The molecule has 0 unspecified atom stereocenters. The number of hydrogen-bond acceptors (Lipinski definition) is 6. The van der Waals surface area contributed by atoms with E-state index in [2.05, 4.69) is 45.6 Å². The van der Waals surface area contributed by atoms with E-state index in [0.29, 0.717) is 51.2 Å². The molecule has 0 N–H and O–H groups in total. The Morgan fingerprint density at radius 1 is 1.04 bits per heavy atom. The van der Waals surface area contributed by atoms with Crippen molar-refractivity contribution in [3.63, 3.8) is 0 Å². The summed E-state index contributed by atoms with van der Waals surface area (Å²) in [5.41, 5.74) is 10.2. The van der Waals surface area contributed by atoms with Gasteiger partial charge in [-0.3, -0.25) is 4.68 Å². The van der Waals surface area contributed by atoms with Crippen LogP contribution in [0.15, 0.2) is 36.4 Å². The molecule has 0 atom stereocenters. The van der Waals surface area contributed by atoms with Gasteiger partial charge in [-0.1, -0.05) is 30.3 Å². The van der Waals surface area contributed by atoms with E-state index in [-0.39, 0.29) is 5.97 Å². The number of nitrogens with zero attached hydrogens (tertiary/aromatic N) is 3. The maximum Gasteiger partial charge on any atom is 0.355 e. The summed E-state index contributed by atoms with van der Waals surface area (Å²) in [4.78, 5) is 13.8. The molecule has 1 fully saturated rings. The summed E-state index contributed by atoms with van der Waals surface area (Å²) < 4.78 is 28.2. The number of methoxy groups -OCH3 is 1. The minimum atomic E-state index is -0.248. The van der Waals surface area contributed by atoms with Gasteiger partial charge in [-0.2, -0.15) is 5.10 Å². The van der Waals surface area contributed by atoms with E-state index in [4.69, 9.17) is 24.0 Å². The lowest BCUT2D eigenvalue weighted by molar-refractivity contribution is 0.0512. The average Bonchev–Trinajstić information content (AvgIpc) is 3.79. The smallest absolute Gasteiger partial charge is 0.355 e. The Labute approximate surface area is 272 Å². The van der Waals surface area contributed by atoms with E-state index in [1.807, 2.05) is 6.92 Å². The molecule has 2 aliphatic carbocycles. The van der Waals surface area contributed by atoms with Crippen molar-refractivity contribution in [2.45, 2.75) is 96.7 Å². The number of aromatic nitrogens is 3.